The Hall–Kier alpha value is -14.1. The van der Waals surface area contributed by atoms with Gasteiger partial charge in [0.15, 0.2) is 22.6 Å². The molecule has 4 saturated heterocycles. The van der Waals surface area contributed by atoms with Crippen LogP contribution in [0.2, 0.25) is 5.15 Å². The Kier molecular flexibility index (Phi) is 33.1. The summed E-state index contributed by atoms with van der Waals surface area (Å²) in [6.07, 6.45) is 6.98. The SMILES string of the molecule is CC(C)(C)OC(=O)N[C@H]1CC(=O)N(c2ccc(B3OC(C)(C)C(C)(C)O3)cc2)C1.CC(O)c1cc(F)cnc1F.CC(Oc1ccc2ncc(-c3ccc(N4C[C@@H](CC(=O)OC(C)(C)C)CC4=O)cc3)n2n1)c1cc(F)cnc1F.CC(Oc1ccc2ncc(-c3ccc(N4C[C@@H](N)CC4=O)cc3)n2n1)c1cc(F)cnc1F.CC(Oc1ccc2ncc(Br)n2n1)c1cc(F)cnc1F.Clc1ccc2ncc(Br)n2n1. The lowest BCUT2D eigenvalue weighted by Crippen LogP contribution is -2.41. The largest absolute Gasteiger partial charge is 0.494 e. The zero-order chi connectivity index (χ0) is 105. The Morgan fingerprint density at radius 2 is 0.828 bits per heavy atom. The van der Waals surface area contributed by atoms with Gasteiger partial charge in [0, 0.05) is 96.9 Å². The summed E-state index contributed by atoms with van der Waals surface area (Å²) < 4.78 is 155. The van der Waals surface area contributed by atoms with Crippen molar-refractivity contribution in [2.24, 2.45) is 11.7 Å². The molecule has 0 radical (unpaired) electrons. The van der Waals surface area contributed by atoms with Crippen molar-refractivity contribution in [3.05, 3.63) is 279 Å². The number of esters is 1. The van der Waals surface area contributed by atoms with Crippen LogP contribution in [0.5, 0.6) is 17.6 Å². The lowest BCUT2D eigenvalue weighted by atomic mass is 9.79. The number of fused-ring (bicyclic) bond motifs is 4. The maximum Gasteiger partial charge on any atom is 0.494 e. The second kappa shape index (κ2) is 45.0. The third-order valence-electron chi connectivity index (χ3n) is 23.0. The number of hydrogen-bond acceptors (Lipinski definition) is 26. The Bertz CT molecular complexity index is 7220. The zero-order valence-electron chi connectivity index (χ0n) is 80.6. The molecule has 145 heavy (non-hydrogen) atoms. The molecule has 0 bridgehead atoms. The molecular weight excluding hydrogens is 2050 g/mol. The van der Waals surface area contributed by atoms with E-state index < -0.39 is 107 Å². The van der Waals surface area contributed by atoms with Crippen molar-refractivity contribution in [1.82, 2.24) is 83.6 Å². The number of nitrogens with one attached hydrogen (secondary N) is 1. The smallest absolute Gasteiger partial charge is 0.469 e. The molecule has 4 N–H and O–H groups in total. The summed E-state index contributed by atoms with van der Waals surface area (Å²) in [5.74, 6) is -5.62. The first-order valence-electron chi connectivity index (χ1n) is 45.4. The number of ether oxygens (including phenoxy) is 5. The average Bonchev–Trinajstić information content (AvgIpc) is 1.61. The average molecular weight is 2150 g/mol. The fourth-order valence-corrected chi connectivity index (χ4v) is 16.2. The van der Waals surface area contributed by atoms with Crippen molar-refractivity contribution >= 4 is 125 Å². The normalized spacial score (nSPS) is 16.7. The predicted octanol–water partition coefficient (Wildman–Crippen LogP) is 18.0. The third kappa shape index (κ3) is 26.9. The zero-order valence-corrected chi connectivity index (χ0v) is 84.5. The molecule has 19 rings (SSSR count). The molecule has 0 saturated carbocycles. The molecule has 7 atom stereocenters. The lowest BCUT2D eigenvalue weighted by Gasteiger charge is -2.32. The molecule has 34 nitrogen and oxygen atoms in total. The van der Waals surface area contributed by atoms with E-state index in [9.17, 15) is 59.1 Å². The molecule has 4 fully saturated rings. The standard InChI is InChI=1S/C29H29F2N5O4.C23H20F2N6O2.C21H31BN2O5.C13H9BrF2N4O.C7H7F2NO.C6H3BrClN3/c1-17(22-13-20(30)14-33-28(22)31)39-25-10-9-24-32-15-23(36(24)34-25)19-5-7-21(8-6-19)35-16-18(11-26(35)37)12-27(38)40-29(2,3)4;1-13(18-8-15(24)10-28-23(18)25)33-21-7-6-20-27-11-19(31(20)29-21)14-2-4-17(5-3-14)30-12-16(26)9-22(30)32;1-19(2,3)27-18(26)23-15-12-17(25)24(13-15)16-10-8-14(9-11-16)22-28-20(4,5)21(6,7)29-22;1-7(9-4-8(15)5-18-13(9)16)21-12-3-2-11-17-6-10(14)20(11)19-12;1-4(11)6-2-5(8)3-10-7(6)9;7-4-3-9-6-2-1-5(8)10-11(4)6/h5-10,13-15,17-18H,11-12,16H2,1-4H3;2-8,10-11,13,16H,9,12,26H2,1H3;8-11,15H,12-13H2,1-7H3,(H,23,26);2-7H,1H3;2-4,11H,1H3;1-3H/t17?,18-;13?,16-;15-;;;/m100.../s1. The second-order valence-corrected chi connectivity index (χ2v) is 39.0. The molecule has 15 aromatic rings. The number of rotatable bonds is 19. The van der Waals surface area contributed by atoms with E-state index in [0.29, 0.717) is 64.1 Å². The van der Waals surface area contributed by atoms with Crippen molar-refractivity contribution < 1.29 is 97.2 Å². The molecule has 4 aliphatic heterocycles. The summed E-state index contributed by atoms with van der Waals surface area (Å²) in [4.78, 5) is 96.6. The molecule has 12 aromatic heterocycles. The maximum atomic E-state index is 14.1. The van der Waals surface area contributed by atoms with Crippen molar-refractivity contribution in [2.75, 3.05) is 34.3 Å². The van der Waals surface area contributed by atoms with Gasteiger partial charge in [0.25, 0.3) is 0 Å². The first-order chi connectivity index (χ1) is 68.5. The van der Waals surface area contributed by atoms with Crippen LogP contribution in [0, 0.1) is 53.0 Å². The summed E-state index contributed by atoms with van der Waals surface area (Å²) in [5, 5.41) is 29.3. The number of hydrogen-bond donors (Lipinski definition) is 3. The number of aromatic nitrogens is 16. The number of imidazole rings is 4. The minimum atomic E-state index is -1.03. The van der Waals surface area contributed by atoms with E-state index in [1.54, 1.807) is 143 Å². The Labute approximate surface area is 847 Å². The molecule has 16 heterocycles. The molecule has 0 aliphatic carbocycles. The van der Waals surface area contributed by atoms with Gasteiger partial charge in [-0.3, -0.25) is 19.2 Å². The highest BCUT2D eigenvalue weighted by atomic mass is 79.9. The highest BCUT2D eigenvalue weighted by molar-refractivity contribution is 9.10. The number of aliphatic hydroxyl groups is 1. The topological polar surface area (TPSA) is 390 Å². The van der Waals surface area contributed by atoms with E-state index in [1.165, 1.54) is 11.4 Å². The second-order valence-electron chi connectivity index (χ2n) is 36.9. The van der Waals surface area contributed by atoms with Crippen molar-refractivity contribution in [3.8, 4) is 40.2 Å². The van der Waals surface area contributed by atoms with E-state index in [4.69, 9.17) is 55.4 Å². The fourth-order valence-electron chi connectivity index (χ4n) is 15.3. The van der Waals surface area contributed by atoms with Crippen LogP contribution in [-0.4, -0.2) is 174 Å². The Morgan fingerprint density at radius 1 is 0.469 bits per heavy atom. The number of alkyl carbamates (subject to hydrolysis) is 1. The molecule has 0 spiro atoms. The van der Waals surface area contributed by atoms with Crippen LogP contribution in [0.25, 0.3) is 45.1 Å². The number of aliphatic hydroxyl groups excluding tert-OH is 1. The van der Waals surface area contributed by atoms with Crippen LogP contribution < -0.4 is 45.4 Å². The van der Waals surface area contributed by atoms with Crippen LogP contribution in [0.3, 0.4) is 0 Å². The highest BCUT2D eigenvalue weighted by Crippen LogP contribution is 2.39. The van der Waals surface area contributed by atoms with Crippen LogP contribution in [0.1, 0.15) is 169 Å². The minimum absolute atomic E-state index is 0.00508. The monoisotopic (exact) mass is 2150 g/mol. The Morgan fingerprint density at radius 3 is 1.23 bits per heavy atom. The van der Waals surface area contributed by atoms with E-state index in [2.05, 4.69) is 97.4 Å². The van der Waals surface area contributed by atoms with Gasteiger partial charge in [-0.05, 0) is 231 Å². The number of nitrogens with zero attached hydrogens (tertiary/aromatic N) is 19. The van der Waals surface area contributed by atoms with E-state index in [-0.39, 0.29) is 101 Å². The van der Waals surface area contributed by atoms with Gasteiger partial charge in [-0.1, -0.05) is 48.0 Å². The lowest BCUT2D eigenvalue weighted by molar-refractivity contribution is -0.155. The number of amides is 4. The summed E-state index contributed by atoms with van der Waals surface area (Å²) >= 11 is 12.2. The van der Waals surface area contributed by atoms with E-state index >= 15 is 0 Å². The molecule has 758 valence electrons. The number of halogens is 11. The first kappa shape index (κ1) is 107. The summed E-state index contributed by atoms with van der Waals surface area (Å²) in [6.45, 7) is 26.4. The number of carbonyl (C=O) groups is 5. The highest BCUT2D eigenvalue weighted by Gasteiger charge is 2.52. The summed E-state index contributed by atoms with van der Waals surface area (Å²) in [6, 6.07) is 39.6. The first-order valence-corrected chi connectivity index (χ1v) is 47.3. The molecule has 4 amide bonds. The van der Waals surface area contributed by atoms with Gasteiger partial charge in [-0.2, -0.15) is 22.7 Å². The minimum Gasteiger partial charge on any atom is -0.469 e. The van der Waals surface area contributed by atoms with E-state index in [0.717, 1.165) is 93.0 Å². The predicted molar refractivity (Wildman–Crippen MR) is 526 cm³/mol. The van der Waals surface area contributed by atoms with Gasteiger partial charge in [0.05, 0.1) is 107 Å². The number of carbonyl (C=O) groups excluding carboxylic acids is 5. The summed E-state index contributed by atoms with van der Waals surface area (Å²) in [7, 11) is -0.440. The fraction of sp³-hybridized carbons (Fsp3) is 0.323. The molecular formula is C99H99BBr2ClF8N21O13. The van der Waals surface area contributed by atoms with Crippen LogP contribution in [0.4, 0.5) is 57.0 Å². The van der Waals surface area contributed by atoms with Gasteiger partial charge in [-0.15, -0.1) is 15.3 Å². The quantitative estimate of drug-likeness (QED) is 0.0293. The molecule has 4 unspecified atom stereocenters. The van der Waals surface area contributed by atoms with Crippen LogP contribution >= 0.6 is 43.5 Å². The van der Waals surface area contributed by atoms with Gasteiger partial charge >= 0.3 is 19.2 Å². The van der Waals surface area contributed by atoms with Crippen molar-refractivity contribution in [1.29, 1.82) is 0 Å². The van der Waals surface area contributed by atoms with E-state index in [1.807, 2.05) is 121 Å². The number of nitrogens with two attached hydrogens (primary N) is 1. The van der Waals surface area contributed by atoms with Gasteiger partial charge in [-0.25, -0.2) is 80.3 Å². The molecule has 4 aliphatic rings. The van der Waals surface area contributed by atoms with Gasteiger partial charge < -0.3 is 63.8 Å². The number of benzene rings is 3. The molecule has 46 heteroatoms. The maximum absolute atomic E-state index is 14.1. The Balaban J connectivity index is 0.000000145. The van der Waals surface area contributed by atoms with Gasteiger partial charge in [0.2, 0.25) is 59.2 Å². The van der Waals surface area contributed by atoms with Crippen molar-refractivity contribution in [2.45, 2.75) is 182 Å². The number of anilines is 3. The summed E-state index contributed by atoms with van der Waals surface area (Å²) in [5.41, 5.74) is 12.6. The number of pyridine rings is 4. The van der Waals surface area contributed by atoms with Crippen molar-refractivity contribution in [3.63, 3.8) is 0 Å². The van der Waals surface area contributed by atoms with Crippen LogP contribution in [-0.2, 0) is 38.0 Å². The third-order valence-corrected chi connectivity index (χ3v) is 24.3. The molecule has 3 aromatic carbocycles. The van der Waals surface area contributed by atoms with Crippen LogP contribution in [0.15, 0.2) is 204 Å². The van der Waals surface area contributed by atoms with Gasteiger partial charge in [0.1, 0.15) is 67.1 Å².